The number of hydrogen-bond donors (Lipinski definition) is 1. The van der Waals surface area contributed by atoms with Gasteiger partial charge in [-0.25, -0.2) is 0 Å². The van der Waals surface area contributed by atoms with E-state index in [9.17, 15) is 4.79 Å². The number of rotatable bonds is 5. The third kappa shape index (κ3) is 3.20. The van der Waals surface area contributed by atoms with Gasteiger partial charge in [0.15, 0.2) is 0 Å². The van der Waals surface area contributed by atoms with Gasteiger partial charge in [0.2, 0.25) is 0 Å². The Labute approximate surface area is 136 Å². The molecule has 1 amide bonds. The Hall–Kier alpha value is -2.13. The largest absolute Gasteiger partial charge is 0.361 e. The molecule has 0 spiro atoms. The van der Waals surface area contributed by atoms with Crippen molar-refractivity contribution in [2.45, 2.75) is 25.2 Å². The van der Waals surface area contributed by atoms with Crippen LogP contribution in [0.3, 0.4) is 0 Å². The van der Waals surface area contributed by atoms with Crippen LogP contribution in [0.4, 0.5) is 0 Å². The minimum atomic E-state index is -0.213. The van der Waals surface area contributed by atoms with E-state index in [-0.39, 0.29) is 5.91 Å². The summed E-state index contributed by atoms with van der Waals surface area (Å²) in [6.07, 6.45) is 2.97. The maximum Gasteiger partial charge on any atom is 0.252 e. The number of benzene rings is 1. The van der Waals surface area contributed by atoms with Crippen molar-refractivity contribution in [3.63, 3.8) is 0 Å². The molecule has 0 saturated heterocycles. The van der Waals surface area contributed by atoms with Crippen LogP contribution in [0.1, 0.15) is 46.1 Å². The predicted octanol–water partition coefficient (Wildman–Crippen LogP) is 3.16. The van der Waals surface area contributed by atoms with Crippen LogP contribution in [0.25, 0.3) is 0 Å². The first-order chi connectivity index (χ1) is 10.7. The second kappa shape index (κ2) is 6.32. The average molecular weight is 360 g/mol. The number of nitrogens with one attached hydrogen (secondary N) is 1. The molecule has 1 saturated carbocycles. The van der Waals surface area contributed by atoms with Gasteiger partial charge in [0, 0.05) is 29.4 Å². The van der Waals surface area contributed by atoms with Crippen LogP contribution in [-0.2, 0) is 6.42 Å². The molecule has 22 heavy (non-hydrogen) atoms. The van der Waals surface area contributed by atoms with E-state index in [1.165, 1.54) is 12.8 Å². The molecule has 0 aliphatic heterocycles. The number of amides is 1. The molecule has 5 nitrogen and oxygen atoms in total. The van der Waals surface area contributed by atoms with Gasteiger partial charge in [-0.15, -0.1) is 0 Å². The van der Waals surface area contributed by atoms with Gasteiger partial charge in [-0.3, -0.25) is 4.79 Å². The van der Waals surface area contributed by atoms with E-state index >= 15 is 0 Å². The summed E-state index contributed by atoms with van der Waals surface area (Å²) in [5.41, 5.74) is 1.75. The summed E-state index contributed by atoms with van der Waals surface area (Å²) in [5.74, 6) is 1.28. The molecule has 6 heteroatoms. The zero-order chi connectivity index (χ0) is 15.5. The molecule has 1 heterocycles. The Bertz CT molecular complexity index is 744. The number of nitrogens with zero attached hydrogens (tertiary/aromatic N) is 2. The minimum absolute atomic E-state index is 0.213. The molecule has 0 unspecified atom stereocenters. The fourth-order valence-electron chi connectivity index (χ4n) is 2.20. The summed E-state index contributed by atoms with van der Waals surface area (Å²) in [6, 6.07) is 9.05. The van der Waals surface area contributed by atoms with Gasteiger partial charge in [0.25, 0.3) is 5.91 Å². The SMILES string of the molecule is N#Cc1cccc(C(=O)NCCc2cc(C3CC3)on2)c1Br. The van der Waals surface area contributed by atoms with Gasteiger partial charge in [0.1, 0.15) is 11.8 Å². The van der Waals surface area contributed by atoms with Gasteiger partial charge in [0.05, 0.1) is 16.8 Å². The summed E-state index contributed by atoms with van der Waals surface area (Å²) in [5, 5.41) is 15.8. The lowest BCUT2D eigenvalue weighted by Gasteiger charge is -2.06. The normalized spacial score (nSPS) is 13.6. The highest BCUT2D eigenvalue weighted by Crippen LogP contribution is 2.40. The van der Waals surface area contributed by atoms with Crippen LogP contribution in [0.2, 0.25) is 0 Å². The Morgan fingerprint density at radius 1 is 1.50 bits per heavy atom. The van der Waals surface area contributed by atoms with E-state index in [1.807, 2.05) is 12.1 Å². The molecule has 3 rings (SSSR count). The van der Waals surface area contributed by atoms with E-state index < -0.39 is 0 Å². The molecule has 0 radical (unpaired) electrons. The summed E-state index contributed by atoms with van der Waals surface area (Å²) < 4.78 is 5.79. The van der Waals surface area contributed by atoms with Crippen molar-refractivity contribution >= 4 is 21.8 Å². The zero-order valence-electron chi connectivity index (χ0n) is 11.8. The van der Waals surface area contributed by atoms with Gasteiger partial charge in [-0.05, 0) is 40.9 Å². The second-order valence-corrected chi connectivity index (χ2v) is 6.07. The third-order valence-electron chi connectivity index (χ3n) is 3.59. The highest BCUT2D eigenvalue weighted by atomic mass is 79.9. The van der Waals surface area contributed by atoms with Crippen molar-refractivity contribution in [3.05, 3.63) is 51.3 Å². The average Bonchev–Trinajstić information content (AvgIpc) is 3.27. The number of aromatic nitrogens is 1. The molecule has 2 aromatic rings. The second-order valence-electron chi connectivity index (χ2n) is 5.28. The van der Waals surface area contributed by atoms with E-state index in [0.717, 1.165) is 11.5 Å². The monoisotopic (exact) mass is 359 g/mol. The van der Waals surface area contributed by atoms with Gasteiger partial charge < -0.3 is 9.84 Å². The third-order valence-corrected chi connectivity index (χ3v) is 4.44. The van der Waals surface area contributed by atoms with Crippen LogP contribution in [0.15, 0.2) is 33.3 Å². The Morgan fingerprint density at radius 3 is 3.05 bits per heavy atom. The predicted molar refractivity (Wildman–Crippen MR) is 83.4 cm³/mol. The van der Waals surface area contributed by atoms with Gasteiger partial charge in [-0.1, -0.05) is 11.2 Å². The molecule has 1 aliphatic carbocycles. The van der Waals surface area contributed by atoms with Crippen molar-refractivity contribution < 1.29 is 9.32 Å². The lowest BCUT2D eigenvalue weighted by molar-refractivity contribution is 0.0953. The molecule has 1 fully saturated rings. The van der Waals surface area contributed by atoms with E-state index in [1.54, 1.807) is 18.2 Å². The van der Waals surface area contributed by atoms with E-state index in [4.69, 9.17) is 9.78 Å². The molecule has 0 atom stereocenters. The Kier molecular flexibility index (Phi) is 4.25. The quantitative estimate of drug-likeness (QED) is 0.888. The fourth-order valence-corrected chi connectivity index (χ4v) is 2.73. The van der Waals surface area contributed by atoms with Crippen LogP contribution in [-0.4, -0.2) is 17.6 Å². The van der Waals surface area contributed by atoms with Crippen molar-refractivity contribution in [1.82, 2.24) is 10.5 Å². The summed E-state index contributed by atoms with van der Waals surface area (Å²) in [7, 11) is 0. The minimum Gasteiger partial charge on any atom is -0.361 e. The summed E-state index contributed by atoms with van der Waals surface area (Å²) in [6.45, 7) is 0.471. The van der Waals surface area contributed by atoms with E-state index in [2.05, 4.69) is 26.4 Å². The van der Waals surface area contributed by atoms with Crippen LogP contribution >= 0.6 is 15.9 Å². The molecule has 1 aliphatic rings. The first-order valence-corrected chi connectivity index (χ1v) is 7.90. The van der Waals surface area contributed by atoms with E-state index in [0.29, 0.717) is 34.5 Å². The van der Waals surface area contributed by atoms with Crippen molar-refractivity contribution in [2.75, 3.05) is 6.54 Å². The Balaban J connectivity index is 1.57. The zero-order valence-corrected chi connectivity index (χ0v) is 13.4. The number of carbonyl (C=O) groups excluding carboxylic acids is 1. The van der Waals surface area contributed by atoms with Crippen molar-refractivity contribution in [1.29, 1.82) is 5.26 Å². The number of halogens is 1. The highest BCUT2D eigenvalue weighted by molar-refractivity contribution is 9.10. The van der Waals surface area contributed by atoms with Crippen molar-refractivity contribution in [2.24, 2.45) is 0 Å². The van der Waals surface area contributed by atoms with Gasteiger partial charge >= 0.3 is 0 Å². The molecule has 0 bridgehead atoms. The lowest BCUT2D eigenvalue weighted by atomic mass is 10.1. The van der Waals surface area contributed by atoms with Crippen LogP contribution in [0, 0.1) is 11.3 Å². The smallest absolute Gasteiger partial charge is 0.252 e. The number of hydrogen-bond acceptors (Lipinski definition) is 4. The number of carbonyl (C=O) groups is 1. The lowest BCUT2D eigenvalue weighted by Crippen LogP contribution is -2.26. The molecule has 1 aromatic carbocycles. The van der Waals surface area contributed by atoms with Crippen LogP contribution in [0.5, 0.6) is 0 Å². The molecular weight excluding hydrogens is 346 g/mol. The number of nitriles is 1. The maximum absolute atomic E-state index is 12.2. The standard InChI is InChI=1S/C16H14BrN3O2/c17-15-11(9-18)2-1-3-13(15)16(21)19-7-6-12-8-14(22-20-12)10-4-5-10/h1-3,8,10H,4-7H2,(H,19,21). The van der Waals surface area contributed by atoms with Crippen LogP contribution < -0.4 is 5.32 Å². The van der Waals surface area contributed by atoms with Crippen molar-refractivity contribution in [3.8, 4) is 6.07 Å². The first-order valence-electron chi connectivity index (χ1n) is 7.11. The topological polar surface area (TPSA) is 78.9 Å². The van der Waals surface area contributed by atoms with Gasteiger partial charge in [-0.2, -0.15) is 5.26 Å². The first kappa shape index (κ1) is 14.8. The molecular formula is C16H14BrN3O2. The fraction of sp³-hybridized carbons (Fsp3) is 0.312. The summed E-state index contributed by atoms with van der Waals surface area (Å²) >= 11 is 3.29. The Morgan fingerprint density at radius 2 is 2.32 bits per heavy atom. The maximum atomic E-state index is 12.2. The summed E-state index contributed by atoms with van der Waals surface area (Å²) in [4.78, 5) is 12.2. The molecule has 1 aromatic heterocycles. The molecule has 1 N–H and O–H groups in total. The molecule has 112 valence electrons. The highest BCUT2D eigenvalue weighted by Gasteiger charge is 2.27.